The second-order valence-electron chi connectivity index (χ2n) is 9.21. The molecule has 1 amide bonds. The van der Waals surface area contributed by atoms with Gasteiger partial charge in [0.1, 0.15) is 4.83 Å². The molecule has 1 aliphatic carbocycles. The first-order valence-corrected chi connectivity index (χ1v) is 12.1. The molecule has 0 aromatic carbocycles. The van der Waals surface area contributed by atoms with E-state index in [1.807, 2.05) is 12.3 Å². The van der Waals surface area contributed by atoms with Gasteiger partial charge in [-0.3, -0.25) is 9.69 Å². The molecule has 1 atom stereocenters. The molecule has 30 heavy (non-hydrogen) atoms. The molecule has 0 radical (unpaired) electrons. The molecule has 4 heterocycles. The van der Waals surface area contributed by atoms with Crippen molar-refractivity contribution in [2.24, 2.45) is 0 Å². The van der Waals surface area contributed by atoms with Crippen molar-refractivity contribution in [3.63, 3.8) is 0 Å². The molecule has 0 spiro atoms. The van der Waals surface area contributed by atoms with E-state index in [0.717, 1.165) is 86.5 Å². The Kier molecular flexibility index (Phi) is 5.84. The van der Waals surface area contributed by atoms with Crippen LogP contribution in [-0.2, 0) is 15.0 Å². The van der Waals surface area contributed by atoms with Gasteiger partial charge in [-0.15, -0.1) is 11.3 Å². The molecule has 164 valence electrons. The van der Waals surface area contributed by atoms with Crippen LogP contribution in [0.25, 0.3) is 10.2 Å². The number of amides is 1. The standard InChI is InChI=1S/C22H32N4O3S/c1-22(7-2-10-29-15-22)26-21-16(14-23-26)13-19(30-21)20(27)24-17-3-5-18(6-4-17)25-8-11-28-12-9-25/h13-14,17-18H,2-12,15H2,1H3,(H,24,27)/t17-,18-,22?. The van der Waals surface area contributed by atoms with Gasteiger partial charge >= 0.3 is 0 Å². The van der Waals surface area contributed by atoms with Crippen molar-refractivity contribution < 1.29 is 14.3 Å². The van der Waals surface area contributed by atoms with Crippen molar-refractivity contribution in [1.29, 1.82) is 0 Å². The van der Waals surface area contributed by atoms with Crippen LogP contribution in [0, 0.1) is 0 Å². The first-order chi connectivity index (χ1) is 14.6. The molecule has 0 bridgehead atoms. The lowest BCUT2D eigenvalue weighted by atomic mass is 9.90. The molecule has 3 aliphatic rings. The highest BCUT2D eigenvalue weighted by molar-refractivity contribution is 7.20. The van der Waals surface area contributed by atoms with E-state index < -0.39 is 0 Å². The molecule has 3 fully saturated rings. The Morgan fingerprint density at radius 1 is 1.20 bits per heavy atom. The summed E-state index contributed by atoms with van der Waals surface area (Å²) in [5, 5.41) is 8.96. The van der Waals surface area contributed by atoms with Crippen LogP contribution in [0.3, 0.4) is 0 Å². The highest BCUT2D eigenvalue weighted by Crippen LogP contribution is 2.34. The molecular formula is C22H32N4O3S. The summed E-state index contributed by atoms with van der Waals surface area (Å²) in [6.45, 7) is 7.50. The van der Waals surface area contributed by atoms with Crippen LogP contribution in [0.15, 0.2) is 12.3 Å². The maximum absolute atomic E-state index is 12.9. The van der Waals surface area contributed by atoms with Crippen LogP contribution in [-0.4, -0.2) is 72.2 Å². The van der Waals surface area contributed by atoms with E-state index in [-0.39, 0.29) is 17.5 Å². The lowest BCUT2D eigenvalue weighted by Crippen LogP contribution is -2.47. The lowest BCUT2D eigenvalue weighted by molar-refractivity contribution is 0.00598. The number of ether oxygens (including phenoxy) is 2. The van der Waals surface area contributed by atoms with E-state index in [1.165, 1.54) is 0 Å². The fourth-order valence-electron chi connectivity index (χ4n) is 5.19. The topological polar surface area (TPSA) is 68.6 Å². The monoisotopic (exact) mass is 432 g/mol. The number of morpholine rings is 1. The number of hydrogen-bond acceptors (Lipinski definition) is 6. The van der Waals surface area contributed by atoms with Crippen LogP contribution in [0.5, 0.6) is 0 Å². The number of fused-ring (bicyclic) bond motifs is 1. The molecule has 1 N–H and O–H groups in total. The third-order valence-corrected chi connectivity index (χ3v) is 8.12. The second kappa shape index (κ2) is 8.57. The molecule has 8 heteroatoms. The maximum atomic E-state index is 12.9. The Hall–Kier alpha value is -1.48. The van der Waals surface area contributed by atoms with E-state index in [2.05, 4.69) is 26.9 Å². The van der Waals surface area contributed by atoms with Gasteiger partial charge < -0.3 is 14.8 Å². The van der Waals surface area contributed by atoms with Crippen LogP contribution in [0.4, 0.5) is 0 Å². The molecular weight excluding hydrogens is 400 g/mol. The Balaban J connectivity index is 1.21. The van der Waals surface area contributed by atoms with Crippen molar-refractivity contribution in [1.82, 2.24) is 20.0 Å². The lowest BCUT2D eigenvalue weighted by Gasteiger charge is -2.38. The number of aromatic nitrogens is 2. The number of carbonyl (C=O) groups excluding carboxylic acids is 1. The SMILES string of the molecule is CC1(n2ncc3cc(C(=O)N[C@H]4CC[C@H](N5CCOCC5)CC4)sc32)CCCOC1. The summed E-state index contributed by atoms with van der Waals surface area (Å²) >= 11 is 1.55. The Morgan fingerprint density at radius 2 is 2.00 bits per heavy atom. The highest BCUT2D eigenvalue weighted by Gasteiger charge is 2.33. The minimum Gasteiger partial charge on any atom is -0.379 e. The summed E-state index contributed by atoms with van der Waals surface area (Å²) in [6, 6.07) is 2.92. The Morgan fingerprint density at radius 3 is 2.73 bits per heavy atom. The van der Waals surface area contributed by atoms with Gasteiger partial charge in [0.2, 0.25) is 0 Å². The van der Waals surface area contributed by atoms with E-state index in [9.17, 15) is 4.79 Å². The zero-order chi connectivity index (χ0) is 20.6. The van der Waals surface area contributed by atoms with Crippen LogP contribution >= 0.6 is 11.3 Å². The van der Waals surface area contributed by atoms with Crippen LogP contribution in [0.2, 0.25) is 0 Å². The molecule has 2 aromatic rings. The number of nitrogens with one attached hydrogen (secondary N) is 1. The molecule has 2 saturated heterocycles. The largest absolute Gasteiger partial charge is 0.379 e. The van der Waals surface area contributed by atoms with Crippen molar-refractivity contribution in [3.05, 3.63) is 17.1 Å². The van der Waals surface area contributed by atoms with E-state index in [1.54, 1.807) is 11.3 Å². The fraction of sp³-hybridized carbons (Fsp3) is 0.727. The van der Waals surface area contributed by atoms with Gasteiger partial charge in [0, 0.05) is 37.2 Å². The van der Waals surface area contributed by atoms with Gasteiger partial charge in [-0.2, -0.15) is 5.10 Å². The van der Waals surface area contributed by atoms with Gasteiger partial charge in [-0.05, 0) is 51.5 Å². The summed E-state index contributed by atoms with van der Waals surface area (Å²) in [4.78, 5) is 17.4. The molecule has 1 unspecified atom stereocenters. The summed E-state index contributed by atoms with van der Waals surface area (Å²) < 4.78 is 13.3. The van der Waals surface area contributed by atoms with Crippen molar-refractivity contribution >= 4 is 27.5 Å². The van der Waals surface area contributed by atoms with Gasteiger partial charge in [0.05, 0.1) is 36.4 Å². The molecule has 2 aromatic heterocycles. The maximum Gasteiger partial charge on any atom is 0.261 e. The number of thiophene rings is 1. The number of rotatable bonds is 4. The first kappa shape index (κ1) is 20.4. The van der Waals surface area contributed by atoms with Gasteiger partial charge in [-0.1, -0.05) is 0 Å². The minimum atomic E-state index is -0.128. The van der Waals surface area contributed by atoms with Crippen molar-refractivity contribution in [2.45, 2.75) is 63.1 Å². The highest BCUT2D eigenvalue weighted by atomic mass is 32.1. The summed E-state index contributed by atoms with van der Waals surface area (Å²) in [6.07, 6.45) is 8.41. The predicted molar refractivity (Wildman–Crippen MR) is 117 cm³/mol. The van der Waals surface area contributed by atoms with Crippen molar-refractivity contribution in [2.75, 3.05) is 39.5 Å². The van der Waals surface area contributed by atoms with Crippen LogP contribution in [0.1, 0.15) is 55.1 Å². The third-order valence-electron chi connectivity index (χ3n) is 6.99. The average molecular weight is 433 g/mol. The molecule has 7 nitrogen and oxygen atoms in total. The number of nitrogens with zero attached hydrogens (tertiary/aromatic N) is 3. The summed E-state index contributed by atoms with van der Waals surface area (Å²) in [5.74, 6) is 0.0580. The van der Waals surface area contributed by atoms with Gasteiger partial charge in [0.25, 0.3) is 5.91 Å². The van der Waals surface area contributed by atoms with E-state index in [0.29, 0.717) is 12.6 Å². The average Bonchev–Trinajstić information content (AvgIpc) is 3.37. The number of carbonyl (C=O) groups is 1. The fourth-order valence-corrected chi connectivity index (χ4v) is 6.32. The van der Waals surface area contributed by atoms with Gasteiger partial charge in [0.15, 0.2) is 0 Å². The molecule has 2 aliphatic heterocycles. The van der Waals surface area contributed by atoms with E-state index in [4.69, 9.17) is 9.47 Å². The zero-order valence-corrected chi connectivity index (χ0v) is 18.6. The number of hydrogen-bond donors (Lipinski definition) is 1. The predicted octanol–water partition coefficient (Wildman–Crippen LogP) is 3.00. The minimum absolute atomic E-state index is 0.0580. The smallest absolute Gasteiger partial charge is 0.261 e. The zero-order valence-electron chi connectivity index (χ0n) is 17.8. The Labute approximate surface area is 181 Å². The second-order valence-corrected chi connectivity index (χ2v) is 10.2. The molecule has 5 rings (SSSR count). The van der Waals surface area contributed by atoms with Crippen molar-refractivity contribution in [3.8, 4) is 0 Å². The first-order valence-electron chi connectivity index (χ1n) is 11.3. The Bertz CT molecular complexity index is 874. The quantitative estimate of drug-likeness (QED) is 0.804. The summed E-state index contributed by atoms with van der Waals surface area (Å²) in [7, 11) is 0. The van der Waals surface area contributed by atoms with Crippen LogP contribution < -0.4 is 5.32 Å². The van der Waals surface area contributed by atoms with Gasteiger partial charge in [-0.25, -0.2) is 4.68 Å². The summed E-state index contributed by atoms with van der Waals surface area (Å²) in [5.41, 5.74) is -0.128. The molecule has 1 saturated carbocycles. The van der Waals surface area contributed by atoms with E-state index >= 15 is 0 Å². The third kappa shape index (κ3) is 4.02. The normalized spacial score (nSPS) is 31.1.